The molecule has 5 nitrogen and oxygen atoms in total. The number of piperidine rings is 1. The minimum atomic E-state index is -4.42. The quantitative estimate of drug-likeness (QED) is 0.927. The zero-order valence-electron chi connectivity index (χ0n) is 13.4. The standard InChI is InChI=1S/C16H20F3N3O2/c1-21-9-14(16(17,18)19)20-15(21)11-3-2-6-22(7-11)8-12-4-5-13(10-23)24-12/h4-5,9,11,23H,2-3,6-8,10H2,1H3/t11-/m1/s1. The van der Waals surface area contributed by atoms with Crippen LogP contribution in [-0.4, -0.2) is 32.6 Å². The Bertz CT molecular complexity index is 693. The van der Waals surface area contributed by atoms with Crippen molar-refractivity contribution in [3.05, 3.63) is 41.4 Å². The van der Waals surface area contributed by atoms with Gasteiger partial charge in [0.15, 0.2) is 5.69 Å². The van der Waals surface area contributed by atoms with Gasteiger partial charge in [0.05, 0.1) is 6.54 Å². The van der Waals surface area contributed by atoms with Crippen LogP contribution < -0.4 is 0 Å². The van der Waals surface area contributed by atoms with Gasteiger partial charge in [-0.1, -0.05) is 0 Å². The number of furan rings is 1. The van der Waals surface area contributed by atoms with Crippen molar-refractivity contribution in [3.8, 4) is 0 Å². The number of hydrogen-bond donors (Lipinski definition) is 1. The molecular weight excluding hydrogens is 323 g/mol. The number of nitrogens with zero attached hydrogens (tertiary/aromatic N) is 3. The van der Waals surface area contributed by atoms with Crippen LogP contribution in [0, 0.1) is 0 Å². The Morgan fingerprint density at radius 3 is 2.71 bits per heavy atom. The van der Waals surface area contributed by atoms with E-state index in [0.29, 0.717) is 24.7 Å². The molecule has 1 atom stereocenters. The number of hydrogen-bond acceptors (Lipinski definition) is 4. The van der Waals surface area contributed by atoms with Crippen LogP contribution in [-0.2, 0) is 26.4 Å². The molecule has 0 saturated carbocycles. The minimum absolute atomic E-state index is 0.0351. The molecule has 1 saturated heterocycles. The van der Waals surface area contributed by atoms with Crippen LogP contribution in [0.25, 0.3) is 0 Å². The summed E-state index contributed by atoms with van der Waals surface area (Å²) < 4.78 is 45.5. The number of aliphatic hydroxyl groups is 1. The molecule has 0 radical (unpaired) electrons. The monoisotopic (exact) mass is 343 g/mol. The maximum atomic E-state index is 12.8. The predicted molar refractivity (Wildman–Crippen MR) is 80.1 cm³/mol. The molecule has 1 N–H and O–H groups in total. The SMILES string of the molecule is Cn1cc(C(F)(F)F)nc1[C@@H]1CCCN(Cc2ccc(CO)o2)C1. The average Bonchev–Trinajstić information content (AvgIpc) is 3.13. The van der Waals surface area contributed by atoms with Crippen molar-refractivity contribution >= 4 is 0 Å². The summed E-state index contributed by atoms with van der Waals surface area (Å²) in [4.78, 5) is 5.97. The van der Waals surface area contributed by atoms with E-state index in [4.69, 9.17) is 9.52 Å². The van der Waals surface area contributed by atoms with E-state index >= 15 is 0 Å². The van der Waals surface area contributed by atoms with Crippen molar-refractivity contribution in [2.45, 2.75) is 38.1 Å². The Labute approximate surface area is 137 Å². The number of likely N-dealkylation sites (tertiary alicyclic amines) is 1. The number of halogens is 3. The first-order valence-electron chi connectivity index (χ1n) is 7.88. The van der Waals surface area contributed by atoms with Gasteiger partial charge in [0.25, 0.3) is 0 Å². The van der Waals surface area contributed by atoms with Crippen LogP contribution in [0.2, 0.25) is 0 Å². The van der Waals surface area contributed by atoms with Gasteiger partial charge in [0.2, 0.25) is 0 Å². The molecule has 0 spiro atoms. The summed E-state index contributed by atoms with van der Waals surface area (Å²) in [5, 5.41) is 9.04. The van der Waals surface area contributed by atoms with Crippen molar-refractivity contribution in [1.82, 2.24) is 14.5 Å². The second-order valence-electron chi connectivity index (χ2n) is 6.19. The first kappa shape index (κ1) is 17.0. The molecular formula is C16H20F3N3O2. The number of aliphatic hydroxyl groups excluding tert-OH is 1. The zero-order chi connectivity index (χ0) is 17.3. The largest absolute Gasteiger partial charge is 0.462 e. The maximum Gasteiger partial charge on any atom is 0.434 e. The van der Waals surface area contributed by atoms with Crippen molar-refractivity contribution < 1.29 is 22.7 Å². The molecule has 132 valence electrons. The van der Waals surface area contributed by atoms with Crippen LogP contribution in [0.3, 0.4) is 0 Å². The molecule has 1 fully saturated rings. The first-order chi connectivity index (χ1) is 11.4. The minimum Gasteiger partial charge on any atom is -0.462 e. The molecule has 0 bridgehead atoms. The highest BCUT2D eigenvalue weighted by Gasteiger charge is 2.36. The number of rotatable bonds is 4. The van der Waals surface area contributed by atoms with E-state index in [1.54, 1.807) is 13.1 Å². The summed E-state index contributed by atoms with van der Waals surface area (Å²) in [6.45, 7) is 1.93. The number of aryl methyl sites for hydroxylation is 1. The second kappa shape index (κ2) is 6.60. The second-order valence-corrected chi connectivity index (χ2v) is 6.19. The van der Waals surface area contributed by atoms with Gasteiger partial charge in [0, 0.05) is 25.7 Å². The molecule has 8 heteroatoms. The van der Waals surface area contributed by atoms with E-state index in [0.717, 1.165) is 31.3 Å². The summed E-state index contributed by atoms with van der Waals surface area (Å²) in [5.41, 5.74) is -0.837. The summed E-state index contributed by atoms with van der Waals surface area (Å²) >= 11 is 0. The van der Waals surface area contributed by atoms with Crippen molar-refractivity contribution in [2.75, 3.05) is 13.1 Å². The highest BCUT2D eigenvalue weighted by atomic mass is 19.4. The highest BCUT2D eigenvalue weighted by Crippen LogP contribution is 2.32. The Morgan fingerprint density at radius 1 is 1.33 bits per heavy atom. The number of imidazole rings is 1. The third-order valence-corrected chi connectivity index (χ3v) is 4.33. The molecule has 0 unspecified atom stereocenters. The molecule has 0 aliphatic carbocycles. The summed E-state index contributed by atoms with van der Waals surface area (Å²) in [5.74, 6) is 1.70. The molecule has 3 rings (SSSR count). The lowest BCUT2D eigenvalue weighted by atomic mass is 9.97. The molecule has 2 aromatic heterocycles. The molecule has 3 heterocycles. The van der Waals surface area contributed by atoms with E-state index in [1.807, 2.05) is 6.07 Å². The molecule has 24 heavy (non-hydrogen) atoms. The lowest BCUT2D eigenvalue weighted by molar-refractivity contribution is -0.141. The van der Waals surface area contributed by atoms with Gasteiger partial charge >= 0.3 is 6.18 Å². The zero-order valence-corrected chi connectivity index (χ0v) is 13.4. The van der Waals surface area contributed by atoms with Gasteiger partial charge in [-0.15, -0.1) is 0 Å². The van der Waals surface area contributed by atoms with Gasteiger partial charge in [-0.05, 0) is 31.5 Å². The normalized spacial score (nSPS) is 19.8. The van der Waals surface area contributed by atoms with E-state index in [-0.39, 0.29) is 12.5 Å². The Morgan fingerprint density at radius 2 is 2.08 bits per heavy atom. The van der Waals surface area contributed by atoms with Gasteiger partial charge in [-0.2, -0.15) is 13.2 Å². The van der Waals surface area contributed by atoms with Crippen LogP contribution in [0.15, 0.2) is 22.7 Å². The molecule has 2 aromatic rings. The predicted octanol–water partition coefficient (Wildman–Crippen LogP) is 2.90. The average molecular weight is 343 g/mol. The van der Waals surface area contributed by atoms with Crippen molar-refractivity contribution in [2.24, 2.45) is 7.05 Å². The summed E-state index contributed by atoms with van der Waals surface area (Å²) in [7, 11) is 1.61. The molecule has 1 aliphatic rings. The van der Waals surface area contributed by atoms with Crippen molar-refractivity contribution in [1.29, 1.82) is 0 Å². The van der Waals surface area contributed by atoms with Crippen LogP contribution >= 0.6 is 0 Å². The first-order valence-corrected chi connectivity index (χ1v) is 7.88. The number of alkyl halides is 3. The summed E-state index contributed by atoms with van der Waals surface area (Å²) in [6, 6.07) is 3.54. The Balaban J connectivity index is 1.70. The van der Waals surface area contributed by atoms with Crippen LogP contribution in [0.5, 0.6) is 0 Å². The smallest absolute Gasteiger partial charge is 0.434 e. The third kappa shape index (κ3) is 3.64. The van der Waals surface area contributed by atoms with Crippen LogP contribution in [0.4, 0.5) is 13.2 Å². The van der Waals surface area contributed by atoms with Crippen LogP contribution in [0.1, 0.15) is 41.8 Å². The van der Waals surface area contributed by atoms with Gasteiger partial charge in [-0.3, -0.25) is 4.90 Å². The van der Waals surface area contributed by atoms with Gasteiger partial charge in [0.1, 0.15) is 24.0 Å². The fourth-order valence-electron chi connectivity index (χ4n) is 3.22. The fraction of sp³-hybridized carbons (Fsp3) is 0.562. The van der Waals surface area contributed by atoms with Crippen molar-refractivity contribution in [3.63, 3.8) is 0 Å². The Hall–Kier alpha value is -1.80. The molecule has 1 aliphatic heterocycles. The lowest BCUT2D eigenvalue weighted by Crippen LogP contribution is -2.34. The highest BCUT2D eigenvalue weighted by molar-refractivity contribution is 5.12. The van der Waals surface area contributed by atoms with Gasteiger partial charge in [-0.25, -0.2) is 4.98 Å². The van der Waals surface area contributed by atoms with E-state index < -0.39 is 11.9 Å². The lowest BCUT2D eigenvalue weighted by Gasteiger charge is -2.31. The molecule has 0 aromatic carbocycles. The van der Waals surface area contributed by atoms with Gasteiger partial charge < -0.3 is 14.1 Å². The number of aromatic nitrogens is 2. The maximum absolute atomic E-state index is 12.8. The summed E-state index contributed by atoms with van der Waals surface area (Å²) in [6.07, 6.45) is -1.65. The third-order valence-electron chi connectivity index (χ3n) is 4.33. The Kier molecular flexibility index (Phi) is 4.69. The van der Waals surface area contributed by atoms with E-state index in [2.05, 4.69) is 9.88 Å². The molecule has 0 amide bonds. The van der Waals surface area contributed by atoms with E-state index in [9.17, 15) is 13.2 Å². The fourth-order valence-corrected chi connectivity index (χ4v) is 3.22. The topological polar surface area (TPSA) is 54.4 Å². The van der Waals surface area contributed by atoms with E-state index in [1.165, 1.54) is 4.57 Å².